The third kappa shape index (κ3) is 4.80. The average Bonchev–Trinajstić information content (AvgIpc) is 3.33. The SMILES string of the molecule is O=C(NC(Cc1ccccc1)C(=O)NCc1cccc2c1OCCO2)c1cccs1. The van der Waals surface area contributed by atoms with Crippen molar-refractivity contribution in [2.24, 2.45) is 0 Å². The Morgan fingerprint density at radius 2 is 1.80 bits per heavy atom. The van der Waals surface area contributed by atoms with Crippen LogP contribution in [0.15, 0.2) is 66.0 Å². The normalized spacial score (nSPS) is 13.3. The molecule has 0 saturated heterocycles. The topological polar surface area (TPSA) is 76.7 Å². The highest BCUT2D eigenvalue weighted by atomic mass is 32.1. The lowest BCUT2D eigenvalue weighted by Crippen LogP contribution is -2.47. The maximum absolute atomic E-state index is 13.0. The molecule has 2 heterocycles. The highest BCUT2D eigenvalue weighted by Crippen LogP contribution is 2.33. The first-order valence-electron chi connectivity index (χ1n) is 9.74. The second kappa shape index (κ2) is 9.45. The Balaban J connectivity index is 1.47. The minimum Gasteiger partial charge on any atom is -0.486 e. The number of ether oxygens (including phenoxy) is 2. The molecule has 1 aliphatic heterocycles. The van der Waals surface area contributed by atoms with Gasteiger partial charge in [0.2, 0.25) is 5.91 Å². The number of rotatable bonds is 7. The maximum atomic E-state index is 13.0. The number of carbonyl (C=O) groups excluding carboxylic acids is 2. The van der Waals surface area contributed by atoms with Gasteiger partial charge in [0.05, 0.1) is 4.88 Å². The molecule has 1 aromatic heterocycles. The van der Waals surface area contributed by atoms with E-state index in [4.69, 9.17) is 9.47 Å². The van der Waals surface area contributed by atoms with Gasteiger partial charge in [-0.05, 0) is 23.1 Å². The molecule has 30 heavy (non-hydrogen) atoms. The molecular formula is C23H22N2O4S. The lowest BCUT2D eigenvalue weighted by molar-refractivity contribution is -0.123. The van der Waals surface area contributed by atoms with Crippen LogP contribution in [0.25, 0.3) is 0 Å². The monoisotopic (exact) mass is 422 g/mol. The van der Waals surface area contributed by atoms with E-state index in [0.29, 0.717) is 36.0 Å². The van der Waals surface area contributed by atoms with Gasteiger partial charge < -0.3 is 20.1 Å². The molecule has 2 aromatic carbocycles. The minimum atomic E-state index is -0.696. The molecule has 2 amide bonds. The number of amides is 2. The number of thiophene rings is 1. The van der Waals surface area contributed by atoms with E-state index in [-0.39, 0.29) is 18.4 Å². The van der Waals surface area contributed by atoms with Crippen molar-refractivity contribution < 1.29 is 19.1 Å². The van der Waals surface area contributed by atoms with Gasteiger partial charge in [-0.1, -0.05) is 48.5 Å². The summed E-state index contributed by atoms with van der Waals surface area (Å²) in [5.74, 6) is 0.833. The highest BCUT2D eigenvalue weighted by Gasteiger charge is 2.23. The van der Waals surface area contributed by atoms with Gasteiger partial charge in [-0.2, -0.15) is 0 Å². The number of para-hydroxylation sites is 1. The van der Waals surface area contributed by atoms with Crippen LogP contribution in [0.3, 0.4) is 0 Å². The molecule has 4 rings (SSSR count). The Kier molecular flexibility index (Phi) is 6.29. The smallest absolute Gasteiger partial charge is 0.262 e. The van der Waals surface area contributed by atoms with Crippen molar-refractivity contribution in [3.05, 3.63) is 82.0 Å². The van der Waals surface area contributed by atoms with Gasteiger partial charge in [0.15, 0.2) is 11.5 Å². The second-order valence-corrected chi connectivity index (χ2v) is 7.80. The van der Waals surface area contributed by atoms with Gasteiger partial charge in [0, 0.05) is 18.5 Å². The van der Waals surface area contributed by atoms with Crippen molar-refractivity contribution in [2.75, 3.05) is 13.2 Å². The van der Waals surface area contributed by atoms with Gasteiger partial charge in [-0.15, -0.1) is 11.3 Å². The van der Waals surface area contributed by atoms with Crippen molar-refractivity contribution >= 4 is 23.2 Å². The third-order valence-corrected chi connectivity index (χ3v) is 5.62. The minimum absolute atomic E-state index is 0.252. The summed E-state index contributed by atoms with van der Waals surface area (Å²) in [5, 5.41) is 7.64. The highest BCUT2D eigenvalue weighted by molar-refractivity contribution is 7.12. The Hall–Kier alpha value is -3.32. The zero-order valence-electron chi connectivity index (χ0n) is 16.3. The van der Waals surface area contributed by atoms with Crippen molar-refractivity contribution in [1.82, 2.24) is 10.6 Å². The summed E-state index contributed by atoms with van der Waals surface area (Å²) < 4.78 is 11.3. The lowest BCUT2D eigenvalue weighted by Gasteiger charge is -2.22. The molecule has 2 N–H and O–H groups in total. The molecule has 6 nitrogen and oxygen atoms in total. The van der Waals surface area contributed by atoms with Crippen LogP contribution < -0.4 is 20.1 Å². The number of fused-ring (bicyclic) bond motifs is 1. The van der Waals surface area contributed by atoms with Crippen LogP contribution in [0.1, 0.15) is 20.8 Å². The predicted molar refractivity (Wildman–Crippen MR) is 115 cm³/mol. The fourth-order valence-corrected chi connectivity index (χ4v) is 3.90. The first kappa shape index (κ1) is 20.0. The van der Waals surface area contributed by atoms with E-state index in [0.717, 1.165) is 11.1 Å². The molecule has 0 aliphatic carbocycles. The van der Waals surface area contributed by atoms with Crippen LogP contribution in [-0.2, 0) is 17.8 Å². The quantitative estimate of drug-likeness (QED) is 0.613. The van der Waals surface area contributed by atoms with Gasteiger partial charge in [-0.3, -0.25) is 9.59 Å². The molecule has 1 unspecified atom stereocenters. The van der Waals surface area contributed by atoms with Crippen LogP contribution in [0.4, 0.5) is 0 Å². The standard InChI is InChI=1S/C23H22N2O4S/c26-22(24-15-17-8-4-9-19-21(17)29-12-11-28-19)18(14-16-6-2-1-3-7-16)25-23(27)20-10-5-13-30-20/h1-10,13,18H,11-12,14-15H2,(H,24,26)(H,25,27). The first-order valence-corrected chi connectivity index (χ1v) is 10.6. The molecular weight excluding hydrogens is 400 g/mol. The van der Waals surface area contributed by atoms with Crippen molar-refractivity contribution in [2.45, 2.75) is 19.0 Å². The molecule has 154 valence electrons. The molecule has 0 bridgehead atoms. The molecule has 1 aliphatic rings. The predicted octanol–water partition coefficient (Wildman–Crippen LogP) is 3.18. The summed E-state index contributed by atoms with van der Waals surface area (Å²) in [6.07, 6.45) is 0.399. The summed E-state index contributed by atoms with van der Waals surface area (Å²) in [5.41, 5.74) is 1.81. The average molecular weight is 423 g/mol. The van der Waals surface area contributed by atoms with E-state index >= 15 is 0 Å². The van der Waals surface area contributed by atoms with Gasteiger partial charge in [-0.25, -0.2) is 0 Å². The van der Waals surface area contributed by atoms with Crippen LogP contribution in [0.2, 0.25) is 0 Å². The fraction of sp³-hybridized carbons (Fsp3) is 0.217. The van der Waals surface area contributed by atoms with E-state index in [1.54, 1.807) is 6.07 Å². The van der Waals surface area contributed by atoms with E-state index in [1.165, 1.54) is 11.3 Å². The Morgan fingerprint density at radius 1 is 0.967 bits per heavy atom. The van der Waals surface area contributed by atoms with E-state index < -0.39 is 6.04 Å². The Bertz CT molecular complexity index is 1010. The molecule has 3 aromatic rings. The molecule has 1 atom stereocenters. The molecule has 7 heteroatoms. The van der Waals surface area contributed by atoms with Gasteiger partial charge >= 0.3 is 0 Å². The van der Waals surface area contributed by atoms with Crippen LogP contribution in [0, 0.1) is 0 Å². The summed E-state index contributed by atoms with van der Waals surface area (Å²) in [6.45, 7) is 1.27. The molecule has 0 fully saturated rings. The zero-order valence-corrected chi connectivity index (χ0v) is 17.1. The lowest BCUT2D eigenvalue weighted by atomic mass is 10.0. The van der Waals surface area contributed by atoms with Crippen LogP contribution >= 0.6 is 11.3 Å². The number of carbonyl (C=O) groups is 2. The first-order chi connectivity index (χ1) is 14.7. The van der Waals surface area contributed by atoms with Gasteiger partial charge in [0.25, 0.3) is 5.91 Å². The summed E-state index contributed by atoms with van der Waals surface area (Å²) in [4.78, 5) is 26.1. The Labute approximate surface area is 178 Å². The third-order valence-electron chi connectivity index (χ3n) is 4.75. The second-order valence-electron chi connectivity index (χ2n) is 6.85. The van der Waals surface area contributed by atoms with Crippen molar-refractivity contribution in [3.8, 4) is 11.5 Å². The van der Waals surface area contributed by atoms with Gasteiger partial charge in [0.1, 0.15) is 19.3 Å². The summed E-state index contributed by atoms with van der Waals surface area (Å²) >= 11 is 1.34. The van der Waals surface area contributed by atoms with Crippen LogP contribution in [0.5, 0.6) is 11.5 Å². The fourth-order valence-electron chi connectivity index (χ4n) is 3.28. The number of hydrogen-bond acceptors (Lipinski definition) is 5. The number of nitrogens with one attached hydrogen (secondary N) is 2. The molecule has 0 saturated carbocycles. The summed E-state index contributed by atoms with van der Waals surface area (Å²) in [6, 6.07) is 18.1. The largest absolute Gasteiger partial charge is 0.486 e. The Morgan fingerprint density at radius 3 is 2.60 bits per heavy atom. The number of benzene rings is 2. The summed E-state index contributed by atoms with van der Waals surface area (Å²) in [7, 11) is 0. The molecule has 0 radical (unpaired) electrons. The van der Waals surface area contributed by atoms with E-state index in [9.17, 15) is 9.59 Å². The van der Waals surface area contributed by atoms with E-state index in [2.05, 4.69) is 10.6 Å². The zero-order chi connectivity index (χ0) is 20.8. The van der Waals surface area contributed by atoms with E-state index in [1.807, 2.05) is 60.0 Å². The number of hydrogen-bond donors (Lipinski definition) is 2. The maximum Gasteiger partial charge on any atom is 0.262 e. The van der Waals surface area contributed by atoms with Crippen LogP contribution in [-0.4, -0.2) is 31.1 Å². The van der Waals surface area contributed by atoms with Crippen molar-refractivity contribution in [1.29, 1.82) is 0 Å². The molecule has 0 spiro atoms. The van der Waals surface area contributed by atoms with Crippen molar-refractivity contribution in [3.63, 3.8) is 0 Å².